The number of aromatic nitrogens is 2. The average molecular weight is 392 g/mol. The number of benzene rings is 1. The Morgan fingerprint density at radius 2 is 1.92 bits per heavy atom. The first-order chi connectivity index (χ1) is 12.4. The first-order valence-corrected chi connectivity index (χ1v) is 8.89. The summed E-state index contributed by atoms with van der Waals surface area (Å²) in [5.74, 6) is 1.32. The van der Waals surface area contributed by atoms with Crippen LogP contribution in [-0.2, 0) is 13.1 Å². The Hall–Kier alpha value is -2.24. The van der Waals surface area contributed by atoms with Crippen molar-refractivity contribution in [2.45, 2.75) is 26.9 Å². The van der Waals surface area contributed by atoms with Crippen LogP contribution in [0.1, 0.15) is 33.1 Å². The van der Waals surface area contributed by atoms with Gasteiger partial charge in [-0.1, -0.05) is 41.4 Å². The van der Waals surface area contributed by atoms with Gasteiger partial charge in [0.05, 0.1) is 24.3 Å². The van der Waals surface area contributed by atoms with E-state index in [1.165, 1.54) is 0 Å². The smallest absolute Gasteiger partial charge is 0.259 e. The third-order valence-corrected chi connectivity index (χ3v) is 4.85. The second kappa shape index (κ2) is 7.56. The second-order valence-corrected chi connectivity index (χ2v) is 6.94. The molecule has 1 amide bonds. The van der Waals surface area contributed by atoms with Crippen molar-refractivity contribution in [3.05, 3.63) is 74.9 Å². The first-order valence-electron chi connectivity index (χ1n) is 8.14. The fraction of sp³-hybridized carbons (Fsp3) is 0.263. The molecule has 2 heterocycles. The van der Waals surface area contributed by atoms with E-state index < -0.39 is 0 Å². The van der Waals surface area contributed by atoms with Crippen LogP contribution in [0.3, 0.4) is 0 Å². The zero-order valence-corrected chi connectivity index (χ0v) is 16.3. The summed E-state index contributed by atoms with van der Waals surface area (Å²) in [4.78, 5) is 14.4. The maximum absolute atomic E-state index is 12.9. The monoisotopic (exact) mass is 391 g/mol. The van der Waals surface area contributed by atoms with E-state index in [1.807, 2.05) is 43.3 Å². The lowest BCUT2D eigenvalue weighted by atomic mass is 10.2. The molecule has 0 aliphatic heterocycles. The number of amides is 1. The van der Waals surface area contributed by atoms with Crippen LogP contribution in [0.2, 0.25) is 10.2 Å². The quantitative estimate of drug-likeness (QED) is 0.631. The van der Waals surface area contributed by atoms with Crippen molar-refractivity contribution in [3.8, 4) is 0 Å². The van der Waals surface area contributed by atoms with E-state index in [-0.39, 0.29) is 5.91 Å². The lowest BCUT2D eigenvalue weighted by Gasteiger charge is -2.15. The summed E-state index contributed by atoms with van der Waals surface area (Å²) in [7, 11) is 1.71. The summed E-state index contributed by atoms with van der Waals surface area (Å²) in [6.07, 6.45) is 0. The van der Waals surface area contributed by atoms with Gasteiger partial charge in [0.15, 0.2) is 0 Å². The highest BCUT2D eigenvalue weighted by Crippen LogP contribution is 2.25. The number of hydrogen-bond acceptors (Lipinski definition) is 3. The molecule has 0 N–H and O–H groups in total. The van der Waals surface area contributed by atoms with E-state index in [0.29, 0.717) is 34.5 Å². The molecule has 1 aromatic carbocycles. The lowest BCUT2D eigenvalue weighted by Crippen LogP contribution is -2.26. The molecule has 136 valence electrons. The van der Waals surface area contributed by atoms with Gasteiger partial charge in [-0.3, -0.25) is 4.79 Å². The van der Waals surface area contributed by atoms with Crippen LogP contribution in [0, 0.1) is 13.8 Å². The summed E-state index contributed by atoms with van der Waals surface area (Å²) in [6.45, 7) is 4.39. The molecule has 0 unspecified atom stereocenters. The number of carbonyl (C=O) groups excluding carboxylic acids is 1. The molecule has 7 heteroatoms. The third kappa shape index (κ3) is 3.79. The molecule has 0 radical (unpaired) electrons. The standard InChI is InChI=1S/C19H19Cl2N3O2/c1-12-8-9-15(26-12)11-23(3)19(25)17-13(2)22-24(18(17)21)10-14-6-4-5-7-16(14)20/h4-9H,10-11H2,1-3H3. The van der Waals surface area contributed by atoms with Crippen LogP contribution >= 0.6 is 23.2 Å². The largest absolute Gasteiger partial charge is 0.464 e. The van der Waals surface area contributed by atoms with Gasteiger partial charge in [0.25, 0.3) is 5.91 Å². The maximum atomic E-state index is 12.9. The van der Waals surface area contributed by atoms with Gasteiger partial charge in [-0.15, -0.1) is 0 Å². The molecule has 0 aliphatic carbocycles. The second-order valence-electron chi connectivity index (χ2n) is 6.17. The van der Waals surface area contributed by atoms with Crippen LogP contribution in [0.4, 0.5) is 0 Å². The van der Waals surface area contributed by atoms with E-state index in [9.17, 15) is 4.79 Å². The topological polar surface area (TPSA) is 51.3 Å². The van der Waals surface area contributed by atoms with Crippen molar-refractivity contribution in [1.82, 2.24) is 14.7 Å². The van der Waals surface area contributed by atoms with Gasteiger partial charge in [0.2, 0.25) is 0 Å². The zero-order chi connectivity index (χ0) is 18.8. The van der Waals surface area contributed by atoms with Crippen LogP contribution in [-0.4, -0.2) is 27.6 Å². The van der Waals surface area contributed by atoms with Gasteiger partial charge in [0.1, 0.15) is 16.7 Å². The van der Waals surface area contributed by atoms with Crippen LogP contribution in [0.5, 0.6) is 0 Å². The van der Waals surface area contributed by atoms with Crippen molar-refractivity contribution in [2.24, 2.45) is 0 Å². The molecule has 0 aliphatic rings. The minimum atomic E-state index is -0.202. The number of furan rings is 1. The minimum absolute atomic E-state index is 0.202. The van der Waals surface area contributed by atoms with Gasteiger partial charge >= 0.3 is 0 Å². The summed E-state index contributed by atoms with van der Waals surface area (Å²) >= 11 is 12.7. The highest BCUT2D eigenvalue weighted by atomic mass is 35.5. The molecule has 0 atom stereocenters. The van der Waals surface area contributed by atoms with E-state index >= 15 is 0 Å². The molecule has 0 spiro atoms. The fourth-order valence-corrected chi connectivity index (χ4v) is 3.27. The molecule has 0 saturated carbocycles. The normalized spacial score (nSPS) is 11.0. The Bertz CT molecular complexity index is 946. The summed E-state index contributed by atoms with van der Waals surface area (Å²) < 4.78 is 7.13. The SMILES string of the molecule is Cc1ccc(CN(C)C(=O)c2c(C)nn(Cc3ccccc3Cl)c2Cl)o1. The Labute approximate surface area is 162 Å². The first kappa shape index (κ1) is 18.5. The Balaban J connectivity index is 1.82. The van der Waals surface area contributed by atoms with Gasteiger partial charge in [-0.2, -0.15) is 5.10 Å². The summed E-state index contributed by atoms with van der Waals surface area (Å²) in [5.41, 5.74) is 1.86. The molecule has 0 fully saturated rings. The number of nitrogens with zero attached hydrogens (tertiary/aromatic N) is 3. The minimum Gasteiger partial charge on any atom is -0.464 e. The highest BCUT2D eigenvalue weighted by molar-refractivity contribution is 6.33. The average Bonchev–Trinajstić information content (AvgIpc) is 3.12. The molecular formula is C19H19Cl2N3O2. The maximum Gasteiger partial charge on any atom is 0.259 e. The van der Waals surface area contributed by atoms with E-state index in [1.54, 1.807) is 23.6 Å². The van der Waals surface area contributed by atoms with Crippen molar-refractivity contribution in [1.29, 1.82) is 0 Å². The molecule has 26 heavy (non-hydrogen) atoms. The highest BCUT2D eigenvalue weighted by Gasteiger charge is 2.24. The molecule has 3 aromatic rings. The molecule has 0 bridgehead atoms. The van der Waals surface area contributed by atoms with Crippen LogP contribution in [0.25, 0.3) is 0 Å². The lowest BCUT2D eigenvalue weighted by molar-refractivity contribution is 0.0774. The van der Waals surface area contributed by atoms with Crippen molar-refractivity contribution < 1.29 is 9.21 Å². The van der Waals surface area contributed by atoms with E-state index in [2.05, 4.69) is 5.10 Å². The molecular weight excluding hydrogens is 373 g/mol. The molecule has 2 aromatic heterocycles. The van der Waals surface area contributed by atoms with Crippen molar-refractivity contribution >= 4 is 29.1 Å². The number of hydrogen-bond donors (Lipinski definition) is 0. The van der Waals surface area contributed by atoms with Crippen LogP contribution in [0.15, 0.2) is 40.8 Å². The fourth-order valence-electron chi connectivity index (χ4n) is 2.76. The van der Waals surface area contributed by atoms with Gasteiger partial charge < -0.3 is 9.32 Å². The number of halogens is 2. The zero-order valence-electron chi connectivity index (χ0n) is 14.8. The van der Waals surface area contributed by atoms with Crippen molar-refractivity contribution in [3.63, 3.8) is 0 Å². The molecule has 0 saturated heterocycles. The van der Waals surface area contributed by atoms with Gasteiger partial charge in [0, 0.05) is 12.1 Å². The van der Waals surface area contributed by atoms with Crippen molar-refractivity contribution in [2.75, 3.05) is 7.05 Å². The molecule has 3 rings (SSSR count). The van der Waals surface area contributed by atoms with Gasteiger partial charge in [-0.05, 0) is 37.6 Å². The predicted molar refractivity (Wildman–Crippen MR) is 102 cm³/mol. The van der Waals surface area contributed by atoms with Gasteiger partial charge in [-0.25, -0.2) is 4.68 Å². The Kier molecular flexibility index (Phi) is 5.39. The van der Waals surface area contributed by atoms with E-state index in [0.717, 1.165) is 17.1 Å². The number of aryl methyl sites for hydroxylation is 2. The summed E-state index contributed by atoms with van der Waals surface area (Å²) in [5, 5.41) is 5.35. The predicted octanol–water partition coefficient (Wildman–Crippen LogP) is 4.72. The molecule has 5 nitrogen and oxygen atoms in total. The summed E-state index contributed by atoms with van der Waals surface area (Å²) in [6, 6.07) is 11.2. The van der Waals surface area contributed by atoms with E-state index in [4.69, 9.17) is 27.6 Å². The third-order valence-electron chi connectivity index (χ3n) is 4.09. The number of carbonyl (C=O) groups is 1. The Morgan fingerprint density at radius 3 is 2.58 bits per heavy atom. The number of rotatable bonds is 5. The Morgan fingerprint density at radius 1 is 1.19 bits per heavy atom. The van der Waals surface area contributed by atoms with Crippen LogP contribution < -0.4 is 0 Å².